The van der Waals surface area contributed by atoms with Gasteiger partial charge in [-0.15, -0.1) is 6.58 Å². The van der Waals surface area contributed by atoms with Gasteiger partial charge in [0, 0.05) is 32.2 Å². The van der Waals surface area contributed by atoms with E-state index in [2.05, 4.69) is 38.1 Å². The summed E-state index contributed by atoms with van der Waals surface area (Å²) >= 11 is 6.15. The Kier molecular flexibility index (Phi) is 7.04. The Morgan fingerprint density at radius 1 is 1.31 bits per heavy atom. The lowest BCUT2D eigenvalue weighted by Gasteiger charge is -2.48. The molecular formula is C23H28ClF3N2O2Si. The van der Waals surface area contributed by atoms with Crippen LogP contribution in [0.4, 0.5) is 24.5 Å². The molecule has 0 bridgehead atoms. The Balaban J connectivity index is 2.10. The molecule has 1 heterocycles. The lowest BCUT2D eigenvalue weighted by atomic mass is 9.89. The van der Waals surface area contributed by atoms with E-state index in [1.807, 2.05) is 0 Å². The van der Waals surface area contributed by atoms with Gasteiger partial charge < -0.3 is 9.64 Å². The molecule has 1 saturated carbocycles. The molecule has 0 aromatic heterocycles. The summed E-state index contributed by atoms with van der Waals surface area (Å²) in [5, 5.41) is 0.262. The first-order valence-electron chi connectivity index (χ1n) is 10.6. The van der Waals surface area contributed by atoms with Crippen LogP contribution < -0.4 is 9.80 Å². The number of carbonyl (C=O) groups excluding carboxylic acids is 1. The smallest absolute Gasteiger partial charge is 0.361 e. The molecule has 9 heteroatoms. The number of hydrogen-bond donors (Lipinski definition) is 0. The van der Waals surface area contributed by atoms with Crippen LogP contribution >= 0.6 is 11.6 Å². The molecule has 3 rings (SSSR count). The van der Waals surface area contributed by atoms with Crippen LogP contribution in [0.5, 0.6) is 0 Å². The number of fused-ring (bicyclic) bond motifs is 1. The van der Waals surface area contributed by atoms with Crippen molar-refractivity contribution in [1.82, 2.24) is 0 Å². The molecule has 32 heavy (non-hydrogen) atoms. The summed E-state index contributed by atoms with van der Waals surface area (Å²) in [6.45, 7) is 9.98. The van der Waals surface area contributed by atoms with Crippen molar-refractivity contribution in [2.24, 2.45) is 5.92 Å². The van der Waals surface area contributed by atoms with Crippen LogP contribution in [0.3, 0.4) is 0 Å². The Morgan fingerprint density at radius 3 is 2.56 bits per heavy atom. The topological polar surface area (TPSA) is 32.8 Å². The number of alkyl halides is 3. The lowest BCUT2D eigenvalue weighted by molar-refractivity contribution is -0.178. The van der Waals surface area contributed by atoms with Crippen LogP contribution in [-0.2, 0) is 9.53 Å². The maximum Gasteiger partial charge on any atom is 0.432 e. The fraction of sp³-hybridized carbons (Fsp3) is 0.522. The fourth-order valence-corrected chi connectivity index (χ4v) is 4.39. The molecule has 1 unspecified atom stereocenters. The van der Waals surface area contributed by atoms with Crippen molar-refractivity contribution < 1.29 is 22.7 Å². The summed E-state index contributed by atoms with van der Waals surface area (Å²) in [6.07, 6.45) is -2.14. The maximum absolute atomic E-state index is 14.7. The quantitative estimate of drug-likeness (QED) is 0.215. The van der Waals surface area contributed by atoms with E-state index in [9.17, 15) is 18.0 Å². The zero-order valence-electron chi connectivity index (χ0n) is 18.6. The molecule has 1 atom stereocenters. The number of halogens is 4. The lowest BCUT2D eigenvalue weighted by Crippen LogP contribution is -2.70. The predicted octanol–water partition coefficient (Wildman–Crippen LogP) is 5.71. The van der Waals surface area contributed by atoms with Crippen LogP contribution in [0.15, 0.2) is 30.9 Å². The molecule has 0 radical (unpaired) electrons. The van der Waals surface area contributed by atoms with Crippen LogP contribution in [0.1, 0.15) is 12.8 Å². The van der Waals surface area contributed by atoms with E-state index in [0.29, 0.717) is 12.3 Å². The first kappa shape index (κ1) is 24.7. The minimum absolute atomic E-state index is 0.116. The molecule has 1 amide bonds. The second kappa shape index (κ2) is 9.12. The number of amides is 1. The number of carbonyl (C=O) groups is 1. The van der Waals surface area contributed by atoms with Gasteiger partial charge in [-0.1, -0.05) is 49.2 Å². The molecule has 2 aliphatic rings. The molecular weight excluding hydrogens is 457 g/mol. The number of nitrogens with zero attached hydrogens (tertiary/aromatic N) is 2. The Bertz CT molecular complexity index is 947. The van der Waals surface area contributed by atoms with E-state index in [1.165, 1.54) is 12.1 Å². The summed E-state index contributed by atoms with van der Waals surface area (Å²) in [6, 6.07) is 5.35. The third kappa shape index (κ3) is 5.00. The standard InChI is InChI=1S/C23H28ClF3N2O2Si/c1-5-12-29-20-15-18(24)8-9-19(20)28(16-31-13-14-32(2,3)4)21(30)22(29,23(25,26)27)11-10-17-6-7-17/h5,8-9,15,17H,1,6-7,12-14,16H2,2-4H3. The van der Waals surface area contributed by atoms with E-state index in [-0.39, 0.29) is 29.9 Å². The minimum Gasteiger partial charge on any atom is -0.361 e. The largest absolute Gasteiger partial charge is 0.432 e. The monoisotopic (exact) mass is 484 g/mol. The highest BCUT2D eigenvalue weighted by atomic mass is 35.5. The molecule has 0 N–H and O–H groups in total. The summed E-state index contributed by atoms with van der Waals surface area (Å²) < 4.78 is 49.8. The summed E-state index contributed by atoms with van der Waals surface area (Å²) in [5.74, 6) is 3.75. The number of hydrogen-bond acceptors (Lipinski definition) is 3. The Hall–Kier alpha value is -1.95. The number of anilines is 2. The van der Waals surface area contributed by atoms with Gasteiger partial charge >= 0.3 is 6.18 Å². The van der Waals surface area contributed by atoms with Crippen molar-refractivity contribution in [2.75, 3.05) is 29.7 Å². The van der Waals surface area contributed by atoms with Gasteiger partial charge in [0.1, 0.15) is 6.73 Å². The van der Waals surface area contributed by atoms with Gasteiger partial charge in [0.2, 0.25) is 0 Å². The zero-order valence-corrected chi connectivity index (χ0v) is 20.3. The Labute approximate surface area is 193 Å². The zero-order chi connectivity index (χ0) is 23.7. The molecule has 0 saturated heterocycles. The normalized spacial score (nSPS) is 21.2. The van der Waals surface area contributed by atoms with Crippen molar-refractivity contribution in [3.8, 4) is 11.8 Å². The van der Waals surface area contributed by atoms with Crippen molar-refractivity contribution in [2.45, 2.75) is 50.2 Å². The van der Waals surface area contributed by atoms with Gasteiger partial charge in [0.15, 0.2) is 0 Å². The highest BCUT2D eigenvalue weighted by Gasteiger charge is 2.67. The van der Waals surface area contributed by atoms with Crippen molar-refractivity contribution in [1.29, 1.82) is 0 Å². The van der Waals surface area contributed by atoms with Crippen LogP contribution in [-0.4, -0.2) is 45.6 Å². The maximum atomic E-state index is 14.7. The number of ether oxygens (including phenoxy) is 1. The van der Waals surface area contributed by atoms with Gasteiger partial charge in [-0.25, -0.2) is 0 Å². The fourth-order valence-electron chi connectivity index (χ4n) is 3.47. The summed E-state index contributed by atoms with van der Waals surface area (Å²) in [7, 11) is -1.41. The van der Waals surface area contributed by atoms with Crippen LogP contribution in [0, 0.1) is 17.8 Å². The van der Waals surface area contributed by atoms with E-state index < -0.39 is 25.7 Å². The molecule has 174 valence electrons. The van der Waals surface area contributed by atoms with Gasteiger partial charge in [0.25, 0.3) is 11.4 Å². The van der Waals surface area contributed by atoms with Crippen molar-refractivity contribution in [3.05, 3.63) is 35.9 Å². The molecule has 0 spiro atoms. The number of rotatable bonds is 7. The first-order valence-corrected chi connectivity index (χ1v) is 14.7. The second-order valence-electron chi connectivity index (χ2n) is 9.37. The minimum atomic E-state index is -4.95. The average Bonchev–Trinajstić information content (AvgIpc) is 3.50. The van der Waals surface area contributed by atoms with E-state index in [0.717, 1.165) is 28.7 Å². The molecule has 1 fully saturated rings. The first-order chi connectivity index (χ1) is 14.9. The van der Waals surface area contributed by atoms with Gasteiger partial charge in [0.05, 0.1) is 11.4 Å². The van der Waals surface area contributed by atoms with E-state index in [1.54, 1.807) is 12.1 Å². The van der Waals surface area contributed by atoms with Crippen molar-refractivity contribution >= 4 is 37.0 Å². The predicted molar refractivity (Wildman–Crippen MR) is 125 cm³/mol. The number of benzene rings is 1. The van der Waals surface area contributed by atoms with Crippen LogP contribution in [0.2, 0.25) is 30.7 Å². The third-order valence-corrected chi connectivity index (χ3v) is 7.39. The molecule has 1 aliphatic heterocycles. The average molecular weight is 485 g/mol. The summed E-state index contributed by atoms with van der Waals surface area (Å²) in [5.41, 5.74) is -2.56. The van der Waals surface area contributed by atoms with Crippen LogP contribution in [0.25, 0.3) is 0 Å². The molecule has 1 aromatic carbocycles. The van der Waals surface area contributed by atoms with Gasteiger partial charge in [-0.3, -0.25) is 9.69 Å². The van der Waals surface area contributed by atoms with Gasteiger partial charge in [-0.05, 0) is 37.1 Å². The highest BCUT2D eigenvalue weighted by molar-refractivity contribution is 6.76. The molecule has 4 nitrogen and oxygen atoms in total. The highest BCUT2D eigenvalue weighted by Crippen LogP contribution is 2.48. The third-order valence-electron chi connectivity index (χ3n) is 5.45. The SMILES string of the molecule is C=CCN1c2cc(Cl)ccc2N(COCC[Si](C)(C)C)C(=O)C1(C#CC1CC1)C(F)(F)F. The van der Waals surface area contributed by atoms with E-state index in [4.69, 9.17) is 16.3 Å². The van der Waals surface area contributed by atoms with Crippen molar-refractivity contribution in [3.63, 3.8) is 0 Å². The van der Waals surface area contributed by atoms with Gasteiger partial charge in [-0.2, -0.15) is 13.2 Å². The summed E-state index contributed by atoms with van der Waals surface area (Å²) in [4.78, 5) is 15.6. The van der Waals surface area contributed by atoms with E-state index >= 15 is 0 Å². The molecule has 1 aliphatic carbocycles. The molecule has 1 aromatic rings. The second-order valence-corrected chi connectivity index (χ2v) is 15.4. The Morgan fingerprint density at radius 2 is 2.00 bits per heavy atom.